The average molecular weight is 306 g/mol. The zero-order chi connectivity index (χ0) is 12.3. The van der Waals surface area contributed by atoms with Crippen molar-refractivity contribution in [2.75, 3.05) is 7.05 Å². The second-order valence-corrected chi connectivity index (χ2v) is 5.75. The van der Waals surface area contributed by atoms with Gasteiger partial charge in [-0.3, -0.25) is 4.79 Å². The van der Waals surface area contributed by atoms with Crippen LogP contribution < -0.4 is 0 Å². The maximum atomic E-state index is 11.9. The van der Waals surface area contributed by atoms with E-state index < -0.39 is 12.0 Å². The van der Waals surface area contributed by atoms with Crippen LogP contribution >= 0.6 is 27.3 Å². The highest BCUT2D eigenvalue weighted by molar-refractivity contribution is 9.11. The lowest BCUT2D eigenvalue weighted by Crippen LogP contribution is -2.41. The van der Waals surface area contributed by atoms with Crippen LogP contribution in [0.3, 0.4) is 0 Å². The Morgan fingerprint density at radius 1 is 1.56 bits per heavy atom. The molecule has 0 saturated carbocycles. The van der Waals surface area contributed by atoms with E-state index in [0.29, 0.717) is 11.3 Å². The number of hydrogen-bond acceptors (Lipinski definition) is 3. The standard InChI is InChI=1S/C10H12BrNO3S/c1-3-6(10(14)15)12(2)9(13)7-4-5-8(11)16-7/h4-6H,3H2,1-2H3,(H,14,15). The van der Waals surface area contributed by atoms with Gasteiger partial charge in [-0.2, -0.15) is 0 Å². The Labute approximate surface area is 106 Å². The van der Waals surface area contributed by atoms with Gasteiger partial charge in [0.15, 0.2) is 0 Å². The number of nitrogens with zero attached hydrogens (tertiary/aromatic N) is 1. The number of carboxylic acids is 1. The van der Waals surface area contributed by atoms with Crippen LogP contribution in [-0.4, -0.2) is 35.0 Å². The Hall–Kier alpha value is -0.880. The molecule has 0 aliphatic heterocycles. The normalized spacial score (nSPS) is 12.2. The summed E-state index contributed by atoms with van der Waals surface area (Å²) in [5, 5.41) is 8.94. The second kappa shape index (κ2) is 5.45. The first-order valence-electron chi connectivity index (χ1n) is 4.72. The van der Waals surface area contributed by atoms with Gasteiger partial charge in [0, 0.05) is 7.05 Å². The molecular weight excluding hydrogens is 294 g/mol. The summed E-state index contributed by atoms with van der Waals surface area (Å²) in [6.45, 7) is 1.74. The molecule has 0 aliphatic rings. The van der Waals surface area contributed by atoms with Gasteiger partial charge in [0.05, 0.1) is 8.66 Å². The number of carbonyl (C=O) groups is 2. The summed E-state index contributed by atoms with van der Waals surface area (Å²) in [7, 11) is 1.51. The van der Waals surface area contributed by atoms with Gasteiger partial charge in [0.1, 0.15) is 6.04 Å². The molecule has 0 radical (unpaired) electrons. The molecule has 88 valence electrons. The molecule has 0 fully saturated rings. The number of rotatable bonds is 4. The summed E-state index contributed by atoms with van der Waals surface area (Å²) in [6.07, 6.45) is 0.393. The summed E-state index contributed by atoms with van der Waals surface area (Å²) in [4.78, 5) is 24.6. The van der Waals surface area contributed by atoms with Gasteiger partial charge in [0.2, 0.25) is 0 Å². The van der Waals surface area contributed by atoms with E-state index in [4.69, 9.17) is 5.11 Å². The SMILES string of the molecule is CCC(C(=O)O)N(C)C(=O)c1ccc(Br)s1. The van der Waals surface area contributed by atoms with Gasteiger partial charge in [-0.1, -0.05) is 6.92 Å². The summed E-state index contributed by atoms with van der Waals surface area (Å²) in [5.41, 5.74) is 0. The van der Waals surface area contributed by atoms with Crippen LogP contribution in [0, 0.1) is 0 Å². The summed E-state index contributed by atoms with van der Waals surface area (Å²) in [6, 6.07) is 2.68. The second-order valence-electron chi connectivity index (χ2n) is 3.28. The van der Waals surface area contributed by atoms with Crippen molar-refractivity contribution in [2.45, 2.75) is 19.4 Å². The quantitative estimate of drug-likeness (QED) is 0.929. The Morgan fingerprint density at radius 2 is 2.19 bits per heavy atom. The van der Waals surface area contributed by atoms with Crippen molar-refractivity contribution in [3.8, 4) is 0 Å². The highest BCUT2D eigenvalue weighted by Crippen LogP contribution is 2.23. The van der Waals surface area contributed by atoms with E-state index >= 15 is 0 Å². The zero-order valence-electron chi connectivity index (χ0n) is 8.94. The van der Waals surface area contributed by atoms with Gasteiger partial charge in [0.25, 0.3) is 5.91 Å². The topological polar surface area (TPSA) is 57.6 Å². The van der Waals surface area contributed by atoms with E-state index in [2.05, 4.69) is 15.9 Å². The number of aliphatic carboxylic acids is 1. The largest absolute Gasteiger partial charge is 0.480 e. The van der Waals surface area contributed by atoms with E-state index in [0.717, 1.165) is 3.79 Å². The molecule has 16 heavy (non-hydrogen) atoms. The Bertz CT molecular complexity index is 405. The molecule has 1 aromatic rings. The molecule has 1 N–H and O–H groups in total. The molecule has 4 nitrogen and oxygen atoms in total. The Balaban J connectivity index is 2.85. The number of carbonyl (C=O) groups excluding carboxylic acids is 1. The molecule has 0 spiro atoms. The molecule has 0 saturated heterocycles. The molecule has 0 aromatic carbocycles. The predicted octanol–water partition coefficient (Wildman–Crippen LogP) is 2.45. The first-order valence-corrected chi connectivity index (χ1v) is 6.33. The molecular formula is C10H12BrNO3S. The third-order valence-corrected chi connectivity index (χ3v) is 3.86. The average Bonchev–Trinajstić information content (AvgIpc) is 2.64. The molecule has 0 aliphatic carbocycles. The molecule has 1 unspecified atom stereocenters. The van der Waals surface area contributed by atoms with Crippen LogP contribution in [0.5, 0.6) is 0 Å². The third kappa shape index (κ3) is 2.82. The zero-order valence-corrected chi connectivity index (χ0v) is 11.3. The maximum absolute atomic E-state index is 11.9. The molecule has 1 aromatic heterocycles. The van der Waals surface area contributed by atoms with Gasteiger partial charge in [-0.15, -0.1) is 11.3 Å². The monoisotopic (exact) mass is 305 g/mol. The van der Waals surface area contributed by atoms with Crippen LogP contribution in [0.2, 0.25) is 0 Å². The van der Waals surface area contributed by atoms with Crippen LogP contribution in [0.15, 0.2) is 15.9 Å². The van der Waals surface area contributed by atoms with E-state index in [-0.39, 0.29) is 5.91 Å². The third-order valence-electron chi connectivity index (χ3n) is 2.24. The van der Waals surface area contributed by atoms with Crippen LogP contribution in [0.1, 0.15) is 23.0 Å². The lowest BCUT2D eigenvalue weighted by atomic mass is 10.2. The molecule has 1 heterocycles. The van der Waals surface area contributed by atoms with Crippen LogP contribution in [-0.2, 0) is 4.79 Å². The van der Waals surface area contributed by atoms with Crippen molar-refractivity contribution >= 4 is 39.1 Å². The number of thiophene rings is 1. The molecule has 1 rings (SSSR count). The summed E-state index contributed by atoms with van der Waals surface area (Å²) in [5.74, 6) is -1.24. The molecule has 0 bridgehead atoms. The highest BCUT2D eigenvalue weighted by Gasteiger charge is 2.26. The minimum absolute atomic E-state index is 0.259. The number of amides is 1. The van der Waals surface area contributed by atoms with Crippen molar-refractivity contribution in [1.29, 1.82) is 0 Å². The number of likely N-dealkylation sites (N-methyl/N-ethyl adjacent to an activating group) is 1. The van der Waals surface area contributed by atoms with Crippen molar-refractivity contribution in [3.05, 3.63) is 20.8 Å². The number of carboxylic acid groups (broad SMARTS) is 1. The summed E-state index contributed by atoms with van der Waals surface area (Å²) >= 11 is 4.56. The van der Waals surface area contributed by atoms with Crippen LogP contribution in [0.4, 0.5) is 0 Å². The lowest BCUT2D eigenvalue weighted by Gasteiger charge is -2.22. The van der Waals surface area contributed by atoms with E-state index in [9.17, 15) is 9.59 Å². The number of hydrogen-bond donors (Lipinski definition) is 1. The molecule has 6 heteroatoms. The Kier molecular flexibility index (Phi) is 4.49. The highest BCUT2D eigenvalue weighted by atomic mass is 79.9. The molecule has 1 atom stereocenters. The summed E-state index contributed by atoms with van der Waals surface area (Å²) < 4.78 is 0.854. The van der Waals surface area contributed by atoms with E-state index in [1.54, 1.807) is 19.1 Å². The van der Waals surface area contributed by atoms with Gasteiger partial charge in [-0.25, -0.2) is 4.79 Å². The van der Waals surface area contributed by atoms with Gasteiger partial charge >= 0.3 is 5.97 Å². The van der Waals surface area contributed by atoms with Gasteiger partial charge in [-0.05, 0) is 34.5 Å². The smallest absolute Gasteiger partial charge is 0.326 e. The maximum Gasteiger partial charge on any atom is 0.326 e. The first-order chi connectivity index (χ1) is 7.47. The van der Waals surface area contributed by atoms with Crippen molar-refractivity contribution in [2.24, 2.45) is 0 Å². The van der Waals surface area contributed by atoms with Crippen molar-refractivity contribution < 1.29 is 14.7 Å². The first kappa shape index (κ1) is 13.2. The number of halogens is 1. The fraction of sp³-hybridized carbons (Fsp3) is 0.400. The van der Waals surface area contributed by atoms with E-state index in [1.807, 2.05) is 0 Å². The fourth-order valence-electron chi connectivity index (χ4n) is 1.36. The van der Waals surface area contributed by atoms with Crippen molar-refractivity contribution in [3.63, 3.8) is 0 Å². The van der Waals surface area contributed by atoms with Crippen LogP contribution in [0.25, 0.3) is 0 Å². The Morgan fingerprint density at radius 3 is 2.56 bits per heavy atom. The minimum atomic E-state index is -0.978. The predicted molar refractivity (Wildman–Crippen MR) is 65.8 cm³/mol. The van der Waals surface area contributed by atoms with E-state index in [1.165, 1.54) is 23.3 Å². The van der Waals surface area contributed by atoms with Crippen molar-refractivity contribution in [1.82, 2.24) is 4.90 Å². The lowest BCUT2D eigenvalue weighted by molar-refractivity contribution is -0.142. The minimum Gasteiger partial charge on any atom is -0.480 e. The molecule has 1 amide bonds. The van der Waals surface area contributed by atoms with Gasteiger partial charge < -0.3 is 10.0 Å². The fourth-order valence-corrected chi connectivity index (χ4v) is 2.73.